The Balaban J connectivity index is 1.47. The maximum atomic E-state index is 12.1. The van der Waals surface area contributed by atoms with E-state index in [4.69, 9.17) is 9.47 Å². The van der Waals surface area contributed by atoms with Gasteiger partial charge in [0, 0.05) is 23.9 Å². The van der Waals surface area contributed by atoms with Crippen molar-refractivity contribution in [3.05, 3.63) is 65.2 Å². The summed E-state index contributed by atoms with van der Waals surface area (Å²) in [5, 5.41) is 5.96. The average molecular weight is 382 g/mol. The zero-order valence-corrected chi connectivity index (χ0v) is 16.2. The van der Waals surface area contributed by atoms with Crippen LogP contribution in [-0.2, 0) is 17.6 Å². The number of rotatable bonds is 8. The zero-order chi connectivity index (χ0) is 19.1. The fraction of sp³-hybridized carbons (Fsp3) is 0.238. The highest BCUT2D eigenvalue weighted by atomic mass is 32.1. The minimum atomic E-state index is 0.00535. The molecule has 0 radical (unpaired) electrons. The first-order chi connectivity index (χ1) is 13.2. The second-order valence-corrected chi connectivity index (χ2v) is 6.86. The molecule has 0 spiro atoms. The number of hydrogen-bond donors (Lipinski definition) is 1. The Morgan fingerprint density at radius 2 is 1.63 bits per heavy atom. The third-order valence-electron chi connectivity index (χ3n) is 4.12. The summed E-state index contributed by atoms with van der Waals surface area (Å²) in [6.07, 6.45) is 1.07. The second-order valence-electron chi connectivity index (χ2n) is 6.00. The van der Waals surface area contributed by atoms with Gasteiger partial charge in [-0.1, -0.05) is 12.1 Å². The summed E-state index contributed by atoms with van der Waals surface area (Å²) >= 11 is 1.60. The lowest BCUT2D eigenvalue weighted by atomic mass is 10.1. The standard InChI is InChI=1S/C21H22N2O3S/c1-25-18-7-3-15(4-8-18)13-20(24)22-12-11-17-14-27-21(23-17)16-5-9-19(26-2)10-6-16/h3-10,14H,11-13H2,1-2H3,(H,22,24). The number of aromatic nitrogens is 1. The lowest BCUT2D eigenvalue weighted by molar-refractivity contribution is -0.120. The van der Waals surface area contributed by atoms with Crippen LogP contribution in [0.5, 0.6) is 11.5 Å². The van der Waals surface area contributed by atoms with E-state index in [1.54, 1.807) is 25.6 Å². The first-order valence-electron chi connectivity index (χ1n) is 8.66. The summed E-state index contributed by atoms with van der Waals surface area (Å²) in [4.78, 5) is 16.7. The highest BCUT2D eigenvalue weighted by Crippen LogP contribution is 2.25. The summed E-state index contributed by atoms with van der Waals surface area (Å²) in [6, 6.07) is 15.4. The SMILES string of the molecule is COc1ccc(CC(=O)NCCc2csc(-c3ccc(OC)cc3)n2)cc1. The van der Waals surface area contributed by atoms with Crippen LogP contribution in [0.2, 0.25) is 0 Å². The third-order valence-corrected chi connectivity index (χ3v) is 5.06. The number of ether oxygens (including phenoxy) is 2. The molecule has 0 aliphatic heterocycles. The molecule has 0 atom stereocenters. The zero-order valence-electron chi connectivity index (χ0n) is 15.4. The quantitative estimate of drug-likeness (QED) is 0.645. The van der Waals surface area contributed by atoms with E-state index in [-0.39, 0.29) is 5.91 Å². The largest absolute Gasteiger partial charge is 0.497 e. The molecule has 2 aromatic carbocycles. The Hall–Kier alpha value is -2.86. The molecule has 1 aromatic heterocycles. The molecular formula is C21H22N2O3S. The Bertz CT molecular complexity index is 873. The number of nitrogens with zero attached hydrogens (tertiary/aromatic N) is 1. The van der Waals surface area contributed by atoms with Crippen molar-refractivity contribution in [1.82, 2.24) is 10.3 Å². The van der Waals surface area contributed by atoms with Gasteiger partial charge in [0.15, 0.2) is 0 Å². The molecule has 5 nitrogen and oxygen atoms in total. The molecule has 0 bridgehead atoms. The highest BCUT2D eigenvalue weighted by molar-refractivity contribution is 7.13. The lowest BCUT2D eigenvalue weighted by Gasteiger charge is -2.05. The number of thiazole rings is 1. The Kier molecular flexibility index (Phi) is 6.44. The first kappa shape index (κ1) is 18.9. The van der Waals surface area contributed by atoms with Crippen molar-refractivity contribution in [2.45, 2.75) is 12.8 Å². The van der Waals surface area contributed by atoms with Gasteiger partial charge in [0.05, 0.1) is 26.3 Å². The highest BCUT2D eigenvalue weighted by Gasteiger charge is 2.07. The predicted molar refractivity (Wildman–Crippen MR) is 108 cm³/mol. The van der Waals surface area contributed by atoms with Crippen LogP contribution in [-0.4, -0.2) is 31.7 Å². The summed E-state index contributed by atoms with van der Waals surface area (Å²) in [5.74, 6) is 1.62. The molecule has 1 heterocycles. The van der Waals surface area contributed by atoms with E-state index in [0.717, 1.165) is 33.3 Å². The van der Waals surface area contributed by atoms with Gasteiger partial charge in [-0.05, 0) is 42.0 Å². The normalized spacial score (nSPS) is 10.4. The van der Waals surface area contributed by atoms with Crippen LogP contribution in [0.25, 0.3) is 10.6 Å². The van der Waals surface area contributed by atoms with Gasteiger partial charge in [-0.2, -0.15) is 0 Å². The van der Waals surface area contributed by atoms with E-state index in [1.165, 1.54) is 0 Å². The molecule has 27 heavy (non-hydrogen) atoms. The van der Waals surface area contributed by atoms with E-state index in [9.17, 15) is 4.79 Å². The number of nitrogens with one attached hydrogen (secondary N) is 1. The minimum absolute atomic E-state index is 0.00535. The third kappa shape index (κ3) is 5.31. The molecule has 0 aliphatic rings. The van der Waals surface area contributed by atoms with Gasteiger partial charge in [-0.15, -0.1) is 11.3 Å². The number of amides is 1. The number of carbonyl (C=O) groups excluding carboxylic acids is 1. The van der Waals surface area contributed by atoms with Gasteiger partial charge < -0.3 is 14.8 Å². The monoisotopic (exact) mass is 382 g/mol. The van der Waals surface area contributed by atoms with Gasteiger partial charge in [0.25, 0.3) is 0 Å². The first-order valence-corrected chi connectivity index (χ1v) is 9.54. The van der Waals surface area contributed by atoms with E-state index in [0.29, 0.717) is 19.4 Å². The Morgan fingerprint density at radius 1 is 1.00 bits per heavy atom. The van der Waals surface area contributed by atoms with Gasteiger partial charge in [0.1, 0.15) is 16.5 Å². The van der Waals surface area contributed by atoms with E-state index in [2.05, 4.69) is 10.3 Å². The lowest BCUT2D eigenvalue weighted by Crippen LogP contribution is -2.27. The minimum Gasteiger partial charge on any atom is -0.497 e. The van der Waals surface area contributed by atoms with Crippen LogP contribution in [0, 0.1) is 0 Å². The molecule has 0 saturated carbocycles. The van der Waals surface area contributed by atoms with Crippen molar-refractivity contribution < 1.29 is 14.3 Å². The number of hydrogen-bond acceptors (Lipinski definition) is 5. The van der Waals surface area contributed by atoms with Crippen molar-refractivity contribution in [2.75, 3.05) is 20.8 Å². The van der Waals surface area contributed by atoms with Crippen LogP contribution in [0.4, 0.5) is 0 Å². The summed E-state index contributed by atoms with van der Waals surface area (Å²) in [5.41, 5.74) is 3.01. The average Bonchev–Trinajstić information content (AvgIpc) is 3.17. The van der Waals surface area contributed by atoms with Crippen molar-refractivity contribution in [1.29, 1.82) is 0 Å². The fourth-order valence-corrected chi connectivity index (χ4v) is 3.47. The number of benzene rings is 2. The Labute approximate surface area is 163 Å². The molecule has 140 valence electrons. The van der Waals surface area contributed by atoms with Crippen LogP contribution >= 0.6 is 11.3 Å². The van der Waals surface area contributed by atoms with Gasteiger partial charge >= 0.3 is 0 Å². The molecule has 3 aromatic rings. The van der Waals surface area contributed by atoms with Crippen molar-refractivity contribution in [3.63, 3.8) is 0 Å². The van der Waals surface area contributed by atoms with Gasteiger partial charge in [-0.25, -0.2) is 4.98 Å². The Morgan fingerprint density at radius 3 is 2.26 bits per heavy atom. The van der Waals surface area contributed by atoms with Crippen LogP contribution < -0.4 is 14.8 Å². The van der Waals surface area contributed by atoms with Crippen LogP contribution in [0.3, 0.4) is 0 Å². The van der Waals surface area contributed by atoms with E-state index < -0.39 is 0 Å². The summed E-state index contributed by atoms with van der Waals surface area (Å²) in [7, 11) is 3.28. The molecule has 0 fully saturated rings. The maximum Gasteiger partial charge on any atom is 0.224 e. The molecule has 0 unspecified atom stereocenters. The molecule has 1 amide bonds. The van der Waals surface area contributed by atoms with Crippen LogP contribution in [0.15, 0.2) is 53.9 Å². The fourth-order valence-electron chi connectivity index (χ4n) is 2.61. The van der Waals surface area contributed by atoms with Crippen molar-refractivity contribution in [3.8, 4) is 22.1 Å². The van der Waals surface area contributed by atoms with Crippen molar-refractivity contribution >= 4 is 17.2 Å². The van der Waals surface area contributed by atoms with E-state index >= 15 is 0 Å². The number of carbonyl (C=O) groups is 1. The van der Waals surface area contributed by atoms with Gasteiger partial charge in [-0.3, -0.25) is 4.79 Å². The predicted octanol–water partition coefficient (Wildman–Crippen LogP) is 3.73. The molecule has 3 rings (SSSR count). The second kappa shape index (κ2) is 9.19. The summed E-state index contributed by atoms with van der Waals surface area (Å²) in [6.45, 7) is 0.570. The van der Waals surface area contributed by atoms with Crippen LogP contribution in [0.1, 0.15) is 11.3 Å². The summed E-state index contributed by atoms with van der Waals surface area (Å²) < 4.78 is 10.3. The molecule has 0 aliphatic carbocycles. The molecule has 1 N–H and O–H groups in total. The molecule has 0 saturated heterocycles. The van der Waals surface area contributed by atoms with Crippen molar-refractivity contribution in [2.24, 2.45) is 0 Å². The smallest absolute Gasteiger partial charge is 0.224 e. The topological polar surface area (TPSA) is 60.5 Å². The number of methoxy groups -OCH3 is 2. The molecular weight excluding hydrogens is 360 g/mol. The van der Waals surface area contributed by atoms with E-state index in [1.807, 2.05) is 53.9 Å². The van der Waals surface area contributed by atoms with Gasteiger partial charge in [0.2, 0.25) is 5.91 Å². The maximum absolute atomic E-state index is 12.1. The molecule has 6 heteroatoms.